The van der Waals surface area contributed by atoms with Crippen LogP contribution >= 0.6 is 54.4 Å². The first kappa shape index (κ1) is 35.0. The number of halogens is 2. The SMILES string of the molecule is COc1cc(P)c(Cn2nccc2OC(C)=O)cc1C(=O)N(C)[C@@H]1[C@H]2CC[C@H](C2)[C@@H]1C(=O)Nc1cccc(S(=O)(=O)C(C)(I)I)c1. The van der Waals surface area contributed by atoms with Crippen LogP contribution in [0.2, 0.25) is 0 Å². The van der Waals surface area contributed by atoms with Gasteiger partial charge in [0.15, 0.2) is 0.760 Å². The molecule has 2 fully saturated rings. The van der Waals surface area contributed by atoms with Gasteiger partial charge >= 0.3 is 5.97 Å². The van der Waals surface area contributed by atoms with Crippen molar-refractivity contribution in [2.24, 2.45) is 17.8 Å². The van der Waals surface area contributed by atoms with Gasteiger partial charge in [-0.3, -0.25) is 14.4 Å². The minimum atomic E-state index is -3.64. The van der Waals surface area contributed by atoms with E-state index in [-0.39, 0.29) is 47.0 Å². The topological polar surface area (TPSA) is 137 Å². The molecule has 1 N–H and O–H groups in total. The van der Waals surface area contributed by atoms with Gasteiger partial charge in [0, 0.05) is 31.8 Å². The van der Waals surface area contributed by atoms with Crippen molar-refractivity contribution in [2.45, 2.75) is 51.4 Å². The van der Waals surface area contributed by atoms with Gasteiger partial charge in [0.2, 0.25) is 21.6 Å². The van der Waals surface area contributed by atoms with Gasteiger partial charge in [-0.05, 0) is 124 Å². The number of sulfone groups is 1. The quantitative estimate of drug-likeness (QED) is 0.133. The van der Waals surface area contributed by atoms with Crippen molar-refractivity contribution in [3.8, 4) is 11.6 Å². The molecule has 246 valence electrons. The standard InChI is InChI=1S/C31H35I2N4O7PS/c1-17(38)44-26-10-11-34-37(26)16-20-13-23(24(43-4)15-25(20)45)30(40)36(3)28-19-9-8-18(12-19)27(28)29(39)35-21-6-5-7-22(14-21)46(41,42)31(2,32)33/h5-7,10-11,13-15,18-19,27-28H,8-9,12,16,45H2,1-4H3,(H,35,39)/t18-,19+,27+,28-/m1/s1. The molecule has 1 aromatic heterocycles. The molecule has 5 atom stereocenters. The maximum absolute atomic E-state index is 14.2. The number of anilines is 1. The molecule has 0 saturated heterocycles. The molecule has 1 unspecified atom stereocenters. The van der Waals surface area contributed by atoms with E-state index < -0.39 is 22.5 Å². The summed E-state index contributed by atoms with van der Waals surface area (Å²) in [6.07, 6.45) is 4.17. The highest BCUT2D eigenvalue weighted by Gasteiger charge is 2.53. The maximum atomic E-state index is 14.2. The van der Waals surface area contributed by atoms with Crippen molar-refractivity contribution in [3.63, 3.8) is 0 Å². The average Bonchev–Trinajstić information content (AvgIpc) is 3.73. The molecule has 46 heavy (non-hydrogen) atoms. The molecule has 0 spiro atoms. The van der Waals surface area contributed by atoms with Crippen LogP contribution in [0.25, 0.3) is 0 Å². The van der Waals surface area contributed by atoms with Crippen molar-refractivity contribution in [1.29, 1.82) is 0 Å². The molecular formula is C31H35I2N4O7PS. The third kappa shape index (κ3) is 6.95. The largest absolute Gasteiger partial charge is 0.496 e. The van der Waals surface area contributed by atoms with Gasteiger partial charge in [0.1, 0.15) is 5.75 Å². The van der Waals surface area contributed by atoms with E-state index in [4.69, 9.17) is 9.47 Å². The van der Waals surface area contributed by atoms with E-state index in [0.717, 1.165) is 30.1 Å². The van der Waals surface area contributed by atoms with Crippen LogP contribution in [0, 0.1) is 17.8 Å². The molecule has 15 heteroatoms. The summed E-state index contributed by atoms with van der Waals surface area (Å²) in [6.45, 7) is 3.17. The number of nitrogens with one attached hydrogen (secondary N) is 1. The van der Waals surface area contributed by atoms with E-state index in [1.807, 2.05) is 45.2 Å². The van der Waals surface area contributed by atoms with Gasteiger partial charge in [-0.2, -0.15) is 5.10 Å². The summed E-state index contributed by atoms with van der Waals surface area (Å²) in [4.78, 5) is 41.4. The zero-order valence-electron chi connectivity index (χ0n) is 25.7. The third-order valence-electron chi connectivity index (χ3n) is 8.76. The number of ether oxygens (including phenoxy) is 2. The Hall–Kier alpha value is -2.30. The monoisotopic (exact) mass is 892 g/mol. The molecule has 2 amide bonds. The lowest BCUT2D eigenvalue weighted by molar-refractivity contribution is -0.132. The number of rotatable bonds is 10. The Labute approximate surface area is 297 Å². The highest BCUT2D eigenvalue weighted by Crippen LogP contribution is 2.51. The Morgan fingerprint density at radius 1 is 1.15 bits per heavy atom. The van der Waals surface area contributed by atoms with E-state index in [9.17, 15) is 22.8 Å². The van der Waals surface area contributed by atoms with Gasteiger partial charge in [0.05, 0.1) is 36.2 Å². The van der Waals surface area contributed by atoms with Gasteiger partial charge in [-0.25, -0.2) is 13.1 Å². The molecular weight excluding hydrogens is 857 g/mol. The molecule has 11 nitrogen and oxygen atoms in total. The number of nitrogens with zero attached hydrogens (tertiary/aromatic N) is 3. The van der Waals surface area contributed by atoms with Crippen LogP contribution in [0.5, 0.6) is 11.6 Å². The third-order valence-corrected chi connectivity index (χ3v) is 14.6. The molecule has 0 radical (unpaired) electrons. The van der Waals surface area contributed by atoms with Gasteiger partial charge in [-0.15, -0.1) is 9.24 Å². The minimum Gasteiger partial charge on any atom is -0.496 e. The molecule has 2 aliphatic carbocycles. The number of esters is 1. The summed E-state index contributed by atoms with van der Waals surface area (Å²) in [5.41, 5.74) is 1.49. The Kier molecular flexibility index (Phi) is 10.4. The second kappa shape index (κ2) is 13.7. The van der Waals surface area contributed by atoms with Crippen molar-refractivity contribution in [3.05, 3.63) is 59.8 Å². The van der Waals surface area contributed by atoms with Crippen LogP contribution in [-0.2, 0) is 26.0 Å². The summed E-state index contributed by atoms with van der Waals surface area (Å²) in [5, 5.41) is 8.01. The number of alkyl halides is 2. The van der Waals surface area contributed by atoms with E-state index in [0.29, 0.717) is 17.0 Å². The molecule has 3 aromatic rings. The van der Waals surface area contributed by atoms with Gasteiger partial charge < -0.3 is 19.7 Å². The number of hydrogen-bond acceptors (Lipinski definition) is 8. The summed E-state index contributed by atoms with van der Waals surface area (Å²) in [5.74, 6) is -0.503. The number of methoxy groups -OCH3 is 1. The van der Waals surface area contributed by atoms with Crippen molar-refractivity contribution < 1.29 is 32.3 Å². The molecule has 5 rings (SSSR count). The number of benzene rings is 2. The molecule has 2 aliphatic rings. The number of carbonyl (C=O) groups is 3. The fourth-order valence-electron chi connectivity index (χ4n) is 6.63. The first-order chi connectivity index (χ1) is 21.6. The minimum absolute atomic E-state index is 0.107. The highest BCUT2D eigenvalue weighted by atomic mass is 127. The Morgan fingerprint density at radius 2 is 1.87 bits per heavy atom. The fraction of sp³-hybridized carbons (Fsp3) is 0.419. The van der Waals surface area contributed by atoms with E-state index in [1.165, 1.54) is 37.0 Å². The van der Waals surface area contributed by atoms with Crippen LogP contribution in [-0.4, -0.2) is 61.8 Å². The molecule has 2 bridgehead atoms. The van der Waals surface area contributed by atoms with E-state index in [2.05, 4.69) is 19.7 Å². The normalized spacial score (nSPS) is 20.8. The van der Waals surface area contributed by atoms with Crippen LogP contribution in [0.15, 0.2) is 53.6 Å². The number of fused-ring (bicyclic) bond motifs is 2. The molecule has 0 aliphatic heterocycles. The van der Waals surface area contributed by atoms with Crippen molar-refractivity contribution >= 4 is 93.0 Å². The number of hydrogen-bond donors (Lipinski definition) is 1. The predicted molar refractivity (Wildman–Crippen MR) is 194 cm³/mol. The fourth-order valence-corrected chi connectivity index (χ4v) is 9.44. The molecule has 2 aromatic carbocycles. The lowest BCUT2D eigenvalue weighted by Gasteiger charge is -2.37. The Bertz CT molecular complexity index is 1790. The summed E-state index contributed by atoms with van der Waals surface area (Å²) in [7, 11) is 2.23. The number of carbonyl (C=O) groups excluding carboxylic acids is 3. The molecule has 1 heterocycles. The Balaban J connectivity index is 1.41. The van der Waals surface area contributed by atoms with Gasteiger partial charge in [-0.1, -0.05) is 6.07 Å². The summed E-state index contributed by atoms with van der Waals surface area (Å²) < 4.78 is 37.4. The maximum Gasteiger partial charge on any atom is 0.309 e. The lowest BCUT2D eigenvalue weighted by atomic mass is 9.82. The number of aromatic nitrogens is 2. The zero-order chi connectivity index (χ0) is 33.6. The summed E-state index contributed by atoms with van der Waals surface area (Å²) >= 11 is 3.77. The Morgan fingerprint density at radius 3 is 2.54 bits per heavy atom. The van der Waals surface area contributed by atoms with Crippen LogP contribution in [0.1, 0.15) is 49.0 Å². The average molecular weight is 892 g/mol. The highest BCUT2D eigenvalue weighted by molar-refractivity contribution is 14.2. The van der Waals surface area contributed by atoms with Crippen LogP contribution < -0.4 is 20.1 Å². The van der Waals surface area contributed by atoms with Crippen molar-refractivity contribution in [2.75, 3.05) is 19.5 Å². The first-order valence-corrected chi connectivity index (χ1v) is 18.8. The van der Waals surface area contributed by atoms with Crippen molar-refractivity contribution in [1.82, 2.24) is 14.7 Å². The number of amides is 2. The molecule has 2 saturated carbocycles. The van der Waals surface area contributed by atoms with Gasteiger partial charge in [0.25, 0.3) is 5.91 Å². The van der Waals surface area contributed by atoms with Crippen LogP contribution in [0.4, 0.5) is 5.69 Å². The van der Waals surface area contributed by atoms with E-state index in [1.54, 1.807) is 49.2 Å². The second-order valence-corrected chi connectivity index (χ2v) is 22.5. The second-order valence-electron chi connectivity index (χ2n) is 11.8. The van der Waals surface area contributed by atoms with Crippen LogP contribution in [0.3, 0.4) is 0 Å². The zero-order valence-corrected chi connectivity index (χ0v) is 32.0. The van der Waals surface area contributed by atoms with E-state index >= 15 is 0 Å². The lowest BCUT2D eigenvalue weighted by Crippen LogP contribution is -2.49. The summed E-state index contributed by atoms with van der Waals surface area (Å²) in [6, 6.07) is 11.1. The smallest absolute Gasteiger partial charge is 0.309 e. The predicted octanol–water partition coefficient (Wildman–Crippen LogP) is 4.81. The first-order valence-electron chi connectivity index (χ1n) is 14.6.